The molecule has 2 aromatic carbocycles. The van der Waals surface area contributed by atoms with E-state index in [2.05, 4.69) is 21.2 Å². The molecule has 138 valence electrons. The van der Waals surface area contributed by atoms with Crippen LogP contribution in [0.2, 0.25) is 10.0 Å². The van der Waals surface area contributed by atoms with E-state index in [0.717, 1.165) is 15.6 Å². The van der Waals surface area contributed by atoms with E-state index in [-0.39, 0.29) is 11.9 Å². The Morgan fingerprint density at radius 1 is 1.12 bits per heavy atom. The van der Waals surface area contributed by atoms with Crippen molar-refractivity contribution in [1.82, 2.24) is 5.32 Å². The van der Waals surface area contributed by atoms with Crippen molar-refractivity contribution in [2.24, 2.45) is 0 Å². The van der Waals surface area contributed by atoms with Crippen LogP contribution in [0.3, 0.4) is 0 Å². The summed E-state index contributed by atoms with van der Waals surface area (Å²) in [5.74, 6) is 0.0155. The lowest BCUT2D eigenvalue weighted by Crippen LogP contribution is -2.48. The van der Waals surface area contributed by atoms with E-state index in [1.165, 1.54) is 0 Å². The summed E-state index contributed by atoms with van der Waals surface area (Å²) in [6.07, 6.45) is 1.32. The van der Waals surface area contributed by atoms with E-state index < -0.39 is 5.41 Å². The Labute approximate surface area is 172 Å². The SMILES string of the molecule is CC(NC(=O)C1(c2ccc(Br)cc2)CCOCC1)c1ccc(Cl)c(Cl)c1. The van der Waals surface area contributed by atoms with E-state index in [1.807, 2.05) is 37.3 Å². The summed E-state index contributed by atoms with van der Waals surface area (Å²) in [4.78, 5) is 13.3. The second-order valence-corrected chi connectivity index (χ2v) is 8.30. The highest BCUT2D eigenvalue weighted by molar-refractivity contribution is 9.10. The van der Waals surface area contributed by atoms with Gasteiger partial charge in [0.15, 0.2) is 0 Å². The monoisotopic (exact) mass is 455 g/mol. The van der Waals surface area contributed by atoms with E-state index in [0.29, 0.717) is 36.1 Å². The van der Waals surface area contributed by atoms with E-state index >= 15 is 0 Å². The predicted molar refractivity (Wildman–Crippen MR) is 109 cm³/mol. The maximum Gasteiger partial charge on any atom is 0.231 e. The zero-order chi connectivity index (χ0) is 18.7. The fraction of sp³-hybridized carbons (Fsp3) is 0.350. The van der Waals surface area contributed by atoms with Gasteiger partial charge in [-0.25, -0.2) is 0 Å². The molecule has 3 nitrogen and oxygen atoms in total. The number of carbonyl (C=O) groups is 1. The van der Waals surface area contributed by atoms with Crippen molar-refractivity contribution in [2.75, 3.05) is 13.2 Å². The fourth-order valence-corrected chi connectivity index (χ4v) is 3.91. The minimum absolute atomic E-state index is 0.0155. The molecule has 6 heteroatoms. The fourth-order valence-electron chi connectivity index (χ4n) is 3.34. The molecule has 1 unspecified atom stereocenters. The molecule has 0 radical (unpaired) electrons. The molecular formula is C20H20BrCl2NO2. The van der Waals surface area contributed by atoms with Crippen LogP contribution in [0.5, 0.6) is 0 Å². The van der Waals surface area contributed by atoms with Crippen LogP contribution in [-0.2, 0) is 14.9 Å². The maximum absolute atomic E-state index is 13.3. The number of rotatable bonds is 4. The predicted octanol–water partition coefficient (Wildman–Crippen LogP) is 5.68. The van der Waals surface area contributed by atoms with Crippen LogP contribution < -0.4 is 5.32 Å². The van der Waals surface area contributed by atoms with Crippen molar-refractivity contribution in [3.05, 3.63) is 68.1 Å². The van der Waals surface area contributed by atoms with Crippen molar-refractivity contribution in [3.63, 3.8) is 0 Å². The number of hydrogen-bond donors (Lipinski definition) is 1. The average Bonchev–Trinajstić information content (AvgIpc) is 2.65. The molecule has 3 rings (SSSR count). The summed E-state index contributed by atoms with van der Waals surface area (Å²) < 4.78 is 6.51. The Kier molecular flexibility index (Phi) is 6.29. The minimum Gasteiger partial charge on any atom is -0.381 e. The third kappa shape index (κ3) is 4.09. The van der Waals surface area contributed by atoms with Crippen LogP contribution in [0.25, 0.3) is 0 Å². The number of halogens is 3. The second-order valence-electron chi connectivity index (χ2n) is 6.57. The van der Waals surface area contributed by atoms with Gasteiger partial charge in [0.2, 0.25) is 5.91 Å². The maximum atomic E-state index is 13.3. The highest BCUT2D eigenvalue weighted by Gasteiger charge is 2.42. The normalized spacial score (nSPS) is 17.5. The number of ether oxygens (including phenoxy) is 1. The molecule has 1 heterocycles. The molecule has 1 aliphatic heterocycles. The van der Waals surface area contributed by atoms with Gasteiger partial charge in [0.1, 0.15) is 0 Å². The van der Waals surface area contributed by atoms with E-state index in [4.69, 9.17) is 27.9 Å². The first-order valence-corrected chi connectivity index (χ1v) is 10.1. The van der Waals surface area contributed by atoms with Gasteiger partial charge in [-0.15, -0.1) is 0 Å². The van der Waals surface area contributed by atoms with Crippen molar-refractivity contribution < 1.29 is 9.53 Å². The van der Waals surface area contributed by atoms with Crippen LogP contribution >= 0.6 is 39.1 Å². The van der Waals surface area contributed by atoms with Gasteiger partial charge in [-0.05, 0) is 55.2 Å². The first-order chi connectivity index (χ1) is 12.4. The number of hydrogen-bond acceptors (Lipinski definition) is 2. The molecule has 1 saturated heterocycles. The Bertz CT molecular complexity index is 789. The first-order valence-electron chi connectivity index (χ1n) is 8.52. The molecule has 0 bridgehead atoms. The number of nitrogens with one attached hydrogen (secondary N) is 1. The molecule has 0 aliphatic carbocycles. The Morgan fingerprint density at radius 3 is 2.38 bits per heavy atom. The second kappa shape index (κ2) is 8.30. The zero-order valence-electron chi connectivity index (χ0n) is 14.4. The molecule has 1 amide bonds. The zero-order valence-corrected chi connectivity index (χ0v) is 17.5. The summed E-state index contributed by atoms with van der Waals surface area (Å²) in [5, 5.41) is 4.15. The molecule has 1 aliphatic rings. The molecule has 26 heavy (non-hydrogen) atoms. The topological polar surface area (TPSA) is 38.3 Å². The van der Waals surface area contributed by atoms with Crippen molar-refractivity contribution in [3.8, 4) is 0 Å². The number of carbonyl (C=O) groups excluding carboxylic acids is 1. The minimum atomic E-state index is -0.580. The first kappa shape index (κ1) is 19.7. The van der Waals surface area contributed by atoms with Crippen molar-refractivity contribution in [2.45, 2.75) is 31.2 Å². The molecular weight excluding hydrogens is 437 g/mol. The van der Waals surface area contributed by atoms with Crippen LogP contribution in [0.1, 0.15) is 36.9 Å². The highest BCUT2D eigenvalue weighted by atomic mass is 79.9. The van der Waals surface area contributed by atoms with Crippen molar-refractivity contribution >= 4 is 45.0 Å². The van der Waals surface area contributed by atoms with Gasteiger partial charge in [-0.1, -0.05) is 57.3 Å². The third-order valence-electron chi connectivity index (χ3n) is 4.97. The van der Waals surface area contributed by atoms with Gasteiger partial charge in [0.05, 0.1) is 21.5 Å². The Morgan fingerprint density at radius 2 is 1.77 bits per heavy atom. The molecule has 0 saturated carbocycles. The third-order valence-corrected chi connectivity index (χ3v) is 6.24. The lowest BCUT2D eigenvalue weighted by Gasteiger charge is -2.37. The van der Waals surface area contributed by atoms with Gasteiger partial charge >= 0.3 is 0 Å². The summed E-state index contributed by atoms with van der Waals surface area (Å²) in [6, 6.07) is 13.2. The van der Waals surface area contributed by atoms with Crippen LogP contribution in [0.15, 0.2) is 46.9 Å². The van der Waals surface area contributed by atoms with Gasteiger partial charge in [0.25, 0.3) is 0 Å². The Balaban J connectivity index is 1.85. The van der Waals surface area contributed by atoms with Crippen LogP contribution in [-0.4, -0.2) is 19.1 Å². The van der Waals surface area contributed by atoms with Gasteiger partial charge in [-0.2, -0.15) is 0 Å². The quantitative estimate of drug-likeness (QED) is 0.642. The summed E-state index contributed by atoms with van der Waals surface area (Å²) in [6.45, 7) is 3.10. The van der Waals surface area contributed by atoms with Crippen LogP contribution in [0.4, 0.5) is 0 Å². The summed E-state index contributed by atoms with van der Waals surface area (Å²) in [7, 11) is 0. The average molecular weight is 457 g/mol. The van der Waals surface area contributed by atoms with Crippen LogP contribution in [0, 0.1) is 0 Å². The Hall–Kier alpha value is -1.07. The van der Waals surface area contributed by atoms with Gasteiger partial charge in [0, 0.05) is 17.7 Å². The summed E-state index contributed by atoms with van der Waals surface area (Å²) in [5.41, 5.74) is 1.36. The smallest absolute Gasteiger partial charge is 0.231 e. The van der Waals surface area contributed by atoms with E-state index in [1.54, 1.807) is 12.1 Å². The lowest BCUT2D eigenvalue weighted by molar-refractivity contribution is -0.131. The number of benzene rings is 2. The molecule has 2 aromatic rings. The lowest BCUT2D eigenvalue weighted by atomic mass is 9.73. The van der Waals surface area contributed by atoms with Crippen molar-refractivity contribution in [1.29, 1.82) is 0 Å². The number of amides is 1. The molecule has 0 spiro atoms. The molecule has 1 atom stereocenters. The highest BCUT2D eigenvalue weighted by Crippen LogP contribution is 2.36. The molecule has 1 fully saturated rings. The van der Waals surface area contributed by atoms with Gasteiger partial charge in [-0.3, -0.25) is 4.79 Å². The standard InChI is InChI=1S/C20H20BrCl2NO2/c1-13(14-2-7-17(22)18(23)12-14)24-19(25)20(8-10-26-11-9-20)15-3-5-16(21)6-4-15/h2-7,12-13H,8-11H2,1H3,(H,24,25). The van der Waals surface area contributed by atoms with Gasteiger partial charge < -0.3 is 10.1 Å². The summed E-state index contributed by atoms with van der Waals surface area (Å²) >= 11 is 15.6. The molecule has 1 N–H and O–H groups in total. The largest absolute Gasteiger partial charge is 0.381 e. The van der Waals surface area contributed by atoms with E-state index in [9.17, 15) is 4.79 Å². The molecule has 0 aromatic heterocycles.